The number of nitrogens with zero attached hydrogens (tertiary/aromatic N) is 1. The van der Waals surface area contributed by atoms with E-state index in [4.69, 9.17) is 4.74 Å². The van der Waals surface area contributed by atoms with Crippen molar-refractivity contribution in [3.8, 4) is 0 Å². The highest BCUT2D eigenvalue weighted by Crippen LogP contribution is 2.61. The molecule has 0 aromatic rings. The zero-order valence-electron chi connectivity index (χ0n) is 17.9. The Morgan fingerprint density at radius 3 is 2.52 bits per heavy atom. The summed E-state index contributed by atoms with van der Waals surface area (Å²) < 4.78 is 8.31. The number of methoxy groups -OCH3 is 1. The fraction of sp³-hybridized carbons (Fsp3) is 0.833. The molecule has 27 heavy (non-hydrogen) atoms. The van der Waals surface area contributed by atoms with Crippen LogP contribution in [-0.2, 0) is 4.74 Å². The van der Waals surface area contributed by atoms with Crippen molar-refractivity contribution in [2.75, 3.05) is 13.7 Å². The van der Waals surface area contributed by atoms with Gasteiger partial charge < -0.3 is 4.74 Å². The third-order valence-electron chi connectivity index (χ3n) is 7.64. The number of ether oxygens (including phenoxy) is 1. The number of hydrogen-bond donors (Lipinski definition) is 0. The van der Waals surface area contributed by atoms with Gasteiger partial charge in [0.15, 0.2) is 0 Å². The maximum Gasteiger partial charge on any atom is 0.0572 e. The Balaban J connectivity index is 1.24. The van der Waals surface area contributed by atoms with Crippen LogP contribution < -0.4 is 0 Å². The molecule has 152 valence electrons. The lowest BCUT2D eigenvalue weighted by atomic mass is 9.78. The van der Waals surface area contributed by atoms with Crippen LogP contribution in [0, 0.1) is 17.8 Å². The first-order chi connectivity index (χ1) is 13.2. The molecule has 0 aromatic carbocycles. The monoisotopic (exact) mass is 389 g/mol. The summed E-state index contributed by atoms with van der Waals surface area (Å²) in [6.45, 7) is 8.37. The van der Waals surface area contributed by atoms with E-state index in [0.717, 1.165) is 29.0 Å². The molecule has 2 fully saturated rings. The molecule has 4 rings (SSSR count). The molecule has 0 aromatic heterocycles. The largest absolute Gasteiger partial charge is 0.381 e. The second-order valence-electron chi connectivity index (χ2n) is 9.36. The van der Waals surface area contributed by atoms with Gasteiger partial charge in [0.25, 0.3) is 0 Å². The summed E-state index contributed by atoms with van der Waals surface area (Å²) >= 11 is 2.22. The van der Waals surface area contributed by atoms with Gasteiger partial charge in [0.2, 0.25) is 0 Å². The summed E-state index contributed by atoms with van der Waals surface area (Å²) in [5, 5.41) is 0.829. The average Bonchev–Trinajstić information content (AvgIpc) is 3.30. The Morgan fingerprint density at radius 1 is 1.11 bits per heavy atom. The smallest absolute Gasteiger partial charge is 0.0572 e. The van der Waals surface area contributed by atoms with E-state index in [2.05, 4.69) is 43.1 Å². The normalized spacial score (nSPS) is 38.5. The summed E-state index contributed by atoms with van der Waals surface area (Å²) in [7, 11) is 1.88. The minimum Gasteiger partial charge on any atom is -0.381 e. The molecule has 0 amide bonds. The minimum absolute atomic E-state index is 0.509. The van der Waals surface area contributed by atoms with E-state index in [1.165, 1.54) is 64.3 Å². The van der Waals surface area contributed by atoms with Gasteiger partial charge in [-0.15, -0.1) is 0 Å². The average molecular weight is 390 g/mol. The first kappa shape index (κ1) is 20.0. The van der Waals surface area contributed by atoms with Gasteiger partial charge in [-0.2, -0.15) is 0 Å². The van der Waals surface area contributed by atoms with Crippen LogP contribution in [0.5, 0.6) is 0 Å². The Bertz CT molecular complexity index is 589. The molecule has 2 saturated carbocycles. The van der Waals surface area contributed by atoms with Gasteiger partial charge in [-0.3, -0.25) is 0 Å². The standard InChI is InChI=1S/C24H39NOS/c1-5-7-17-15-21-23(17)24(21)18-8-13-22(16(3)14-18)27-25(6-2)19-9-11-20(26-4)12-10-19/h15-16,18-20,22,24H,5-14H2,1-4H3. The van der Waals surface area contributed by atoms with E-state index >= 15 is 0 Å². The summed E-state index contributed by atoms with van der Waals surface area (Å²) in [6.07, 6.45) is 15.1. The van der Waals surface area contributed by atoms with Crippen molar-refractivity contribution in [1.29, 1.82) is 0 Å². The molecular weight excluding hydrogens is 350 g/mol. The molecule has 4 aliphatic rings. The van der Waals surface area contributed by atoms with Gasteiger partial charge in [-0.25, -0.2) is 4.31 Å². The summed E-state index contributed by atoms with van der Waals surface area (Å²) in [4.78, 5) is 0. The molecular formula is C24H39NOS. The van der Waals surface area contributed by atoms with Crippen LogP contribution in [0.25, 0.3) is 0 Å². The molecule has 0 radical (unpaired) electrons. The first-order valence-electron chi connectivity index (χ1n) is 11.6. The van der Waals surface area contributed by atoms with Crippen molar-refractivity contribution in [3.05, 3.63) is 22.8 Å². The molecule has 0 aliphatic heterocycles. The molecule has 0 N–H and O–H groups in total. The van der Waals surface area contributed by atoms with Crippen molar-refractivity contribution < 1.29 is 4.74 Å². The lowest BCUT2D eigenvalue weighted by Crippen LogP contribution is -2.38. The highest BCUT2D eigenvalue weighted by atomic mass is 32.2. The molecule has 4 unspecified atom stereocenters. The fourth-order valence-electron chi connectivity index (χ4n) is 5.99. The molecule has 3 heteroatoms. The third-order valence-corrected chi connectivity index (χ3v) is 9.44. The Hall–Kier alpha value is -0.250. The minimum atomic E-state index is 0.509. The van der Waals surface area contributed by atoms with Gasteiger partial charge in [-0.1, -0.05) is 45.2 Å². The zero-order valence-corrected chi connectivity index (χ0v) is 18.7. The van der Waals surface area contributed by atoms with Crippen molar-refractivity contribution in [1.82, 2.24) is 4.31 Å². The van der Waals surface area contributed by atoms with Crippen LogP contribution in [0.4, 0.5) is 0 Å². The van der Waals surface area contributed by atoms with E-state index in [1.54, 1.807) is 16.7 Å². The van der Waals surface area contributed by atoms with Gasteiger partial charge in [-0.05, 0) is 79.9 Å². The third kappa shape index (κ3) is 4.07. The van der Waals surface area contributed by atoms with Crippen molar-refractivity contribution in [3.63, 3.8) is 0 Å². The molecule has 0 spiro atoms. The van der Waals surface area contributed by atoms with Crippen LogP contribution in [0.1, 0.15) is 78.6 Å². The lowest BCUT2D eigenvalue weighted by Gasteiger charge is -2.40. The van der Waals surface area contributed by atoms with E-state index in [1.807, 2.05) is 7.11 Å². The van der Waals surface area contributed by atoms with E-state index in [9.17, 15) is 0 Å². The second-order valence-corrected chi connectivity index (χ2v) is 10.6. The van der Waals surface area contributed by atoms with Crippen LogP contribution in [0.3, 0.4) is 0 Å². The van der Waals surface area contributed by atoms with E-state index < -0.39 is 0 Å². The summed E-state index contributed by atoms with van der Waals surface area (Å²) in [5.74, 6) is 2.68. The van der Waals surface area contributed by atoms with Crippen LogP contribution in [0.15, 0.2) is 22.8 Å². The van der Waals surface area contributed by atoms with Crippen LogP contribution in [-0.4, -0.2) is 35.4 Å². The molecule has 4 aliphatic carbocycles. The van der Waals surface area contributed by atoms with Gasteiger partial charge in [0, 0.05) is 30.9 Å². The number of rotatable bonds is 8. The predicted molar refractivity (Wildman–Crippen MR) is 117 cm³/mol. The van der Waals surface area contributed by atoms with E-state index in [-0.39, 0.29) is 0 Å². The highest BCUT2D eigenvalue weighted by molar-refractivity contribution is 7.97. The quantitative estimate of drug-likeness (QED) is 0.447. The maximum atomic E-state index is 5.57. The zero-order chi connectivity index (χ0) is 19.0. The molecule has 0 saturated heterocycles. The summed E-state index contributed by atoms with van der Waals surface area (Å²) in [6, 6.07) is 0.766. The summed E-state index contributed by atoms with van der Waals surface area (Å²) in [5.41, 5.74) is 5.24. The number of hydrogen-bond acceptors (Lipinski definition) is 3. The number of allylic oxidation sites excluding steroid dienone is 4. The topological polar surface area (TPSA) is 12.5 Å². The molecule has 4 atom stereocenters. The van der Waals surface area contributed by atoms with Crippen molar-refractivity contribution in [2.45, 2.75) is 96.0 Å². The Kier molecular flexibility index (Phi) is 6.41. The Morgan fingerprint density at radius 2 is 1.89 bits per heavy atom. The van der Waals surface area contributed by atoms with Crippen molar-refractivity contribution >= 4 is 11.9 Å². The van der Waals surface area contributed by atoms with Gasteiger partial charge in [0.1, 0.15) is 0 Å². The highest BCUT2D eigenvalue weighted by Gasteiger charge is 2.49. The fourth-order valence-corrected chi connectivity index (χ4v) is 7.43. The van der Waals surface area contributed by atoms with Gasteiger partial charge >= 0.3 is 0 Å². The van der Waals surface area contributed by atoms with Crippen LogP contribution >= 0.6 is 11.9 Å². The Labute approximate surface area is 171 Å². The molecule has 0 bridgehead atoms. The predicted octanol–water partition coefficient (Wildman–Crippen LogP) is 6.39. The maximum absolute atomic E-state index is 5.57. The first-order valence-corrected chi connectivity index (χ1v) is 12.4. The van der Waals surface area contributed by atoms with Crippen molar-refractivity contribution in [2.24, 2.45) is 17.8 Å². The van der Waals surface area contributed by atoms with Gasteiger partial charge in [0.05, 0.1) is 6.10 Å². The lowest BCUT2D eigenvalue weighted by molar-refractivity contribution is 0.0544. The van der Waals surface area contributed by atoms with Crippen LogP contribution in [0.2, 0.25) is 0 Å². The van der Waals surface area contributed by atoms with E-state index in [0.29, 0.717) is 6.10 Å². The second kappa shape index (κ2) is 8.63. The SMILES string of the molecule is CCCC1=CC2=C1C2C1CCC(SN(CC)C2CCC(OC)CC2)C(C)C1. The molecule has 0 heterocycles. The molecule has 2 nitrogen and oxygen atoms in total.